The van der Waals surface area contributed by atoms with E-state index < -0.39 is 0 Å². The number of likely N-dealkylation sites (N-methyl/N-ethyl adjacent to an activating group) is 1. The molecule has 0 unspecified atom stereocenters. The fourth-order valence-electron chi connectivity index (χ4n) is 1.30. The zero-order valence-corrected chi connectivity index (χ0v) is 10.8. The Morgan fingerprint density at radius 1 is 1.53 bits per heavy atom. The monoisotopic (exact) mass is 258 g/mol. The Hall–Kier alpha value is -1.49. The summed E-state index contributed by atoms with van der Waals surface area (Å²) in [6.45, 7) is 2.25. The lowest BCUT2D eigenvalue weighted by Crippen LogP contribution is -2.24. The molecule has 0 aliphatic heterocycles. The summed E-state index contributed by atoms with van der Waals surface area (Å²) in [6.07, 6.45) is 0. The van der Waals surface area contributed by atoms with Crippen molar-refractivity contribution in [3.05, 3.63) is 17.3 Å². The summed E-state index contributed by atoms with van der Waals surface area (Å²) in [6, 6.07) is 3.49. The van der Waals surface area contributed by atoms with Crippen molar-refractivity contribution < 1.29 is 14.3 Å². The average Bonchev–Trinajstić information content (AvgIpc) is 2.28. The lowest BCUT2D eigenvalue weighted by atomic mass is 10.3. The summed E-state index contributed by atoms with van der Waals surface area (Å²) >= 11 is 5.77. The van der Waals surface area contributed by atoms with Gasteiger partial charge in [-0.3, -0.25) is 4.79 Å². The van der Waals surface area contributed by atoms with E-state index in [1.54, 1.807) is 6.07 Å². The predicted octanol–water partition coefficient (Wildman–Crippen LogP) is 1.74. The van der Waals surface area contributed by atoms with Gasteiger partial charge in [-0.2, -0.15) is 4.98 Å². The average molecular weight is 259 g/mol. The van der Waals surface area contributed by atoms with E-state index in [2.05, 4.69) is 4.98 Å². The van der Waals surface area contributed by atoms with Gasteiger partial charge in [0.1, 0.15) is 11.8 Å². The minimum absolute atomic E-state index is 0.292. The maximum atomic E-state index is 10.6. The van der Waals surface area contributed by atoms with Gasteiger partial charge in [-0.1, -0.05) is 11.6 Å². The highest BCUT2D eigenvalue weighted by Gasteiger charge is 2.10. The molecule has 0 fully saturated rings. The molecule has 0 aliphatic carbocycles. The topological polar surface area (TPSA) is 51.7 Å². The van der Waals surface area contributed by atoms with Gasteiger partial charge < -0.3 is 14.4 Å². The van der Waals surface area contributed by atoms with Gasteiger partial charge in [0.25, 0.3) is 0 Å². The second-order valence-corrected chi connectivity index (χ2v) is 3.81. The molecule has 0 saturated carbocycles. The fraction of sp³-hybridized carbons (Fsp3) is 0.455. The lowest BCUT2D eigenvalue weighted by molar-refractivity contribution is -0.140. The minimum Gasteiger partial charge on any atom is -0.479 e. The normalized spacial score (nSPS) is 9.88. The molecule has 17 heavy (non-hydrogen) atoms. The number of ether oxygens (including phenoxy) is 2. The number of hydrogen-bond donors (Lipinski definition) is 0. The van der Waals surface area contributed by atoms with E-state index in [4.69, 9.17) is 21.1 Å². The first-order chi connectivity index (χ1) is 8.04. The second kappa shape index (κ2) is 6.30. The number of carbonyl (C=O) groups is 1. The highest BCUT2D eigenvalue weighted by Crippen LogP contribution is 2.26. The van der Waals surface area contributed by atoms with Gasteiger partial charge in [0.05, 0.1) is 19.3 Å². The fourth-order valence-corrected chi connectivity index (χ4v) is 1.44. The summed E-state index contributed by atoms with van der Waals surface area (Å²) in [7, 11) is 3.39. The molecular weight excluding hydrogens is 244 g/mol. The Balaban J connectivity index is 2.67. The van der Waals surface area contributed by atoms with Crippen LogP contribution in [0.3, 0.4) is 0 Å². The van der Waals surface area contributed by atoms with E-state index >= 15 is 0 Å². The van der Waals surface area contributed by atoms with Crippen molar-refractivity contribution in [2.45, 2.75) is 6.92 Å². The quantitative estimate of drug-likeness (QED) is 0.595. The Kier molecular flexibility index (Phi) is 5.03. The van der Waals surface area contributed by atoms with Crippen molar-refractivity contribution in [1.82, 2.24) is 4.98 Å². The largest absolute Gasteiger partial charge is 0.479 e. The minimum atomic E-state index is -0.292. The van der Waals surface area contributed by atoms with Gasteiger partial charge in [-0.25, -0.2) is 0 Å². The maximum absolute atomic E-state index is 10.6. The van der Waals surface area contributed by atoms with Gasteiger partial charge in [0, 0.05) is 14.0 Å². The third-order valence-corrected chi connectivity index (χ3v) is 2.35. The number of esters is 1. The van der Waals surface area contributed by atoms with E-state index in [-0.39, 0.29) is 5.97 Å². The van der Waals surface area contributed by atoms with Crippen LogP contribution in [-0.2, 0) is 9.53 Å². The van der Waals surface area contributed by atoms with Crippen LogP contribution in [0.15, 0.2) is 12.1 Å². The first kappa shape index (κ1) is 13.6. The molecule has 0 atom stereocenters. The van der Waals surface area contributed by atoms with E-state index in [0.29, 0.717) is 24.2 Å². The molecule has 0 saturated heterocycles. The van der Waals surface area contributed by atoms with Crippen LogP contribution in [0.25, 0.3) is 0 Å². The Bertz CT molecular complexity index is 398. The van der Waals surface area contributed by atoms with Crippen molar-refractivity contribution in [2.24, 2.45) is 0 Å². The maximum Gasteiger partial charge on any atom is 0.302 e. The number of hydrogen-bond acceptors (Lipinski definition) is 5. The van der Waals surface area contributed by atoms with Crippen LogP contribution in [0.1, 0.15) is 6.92 Å². The standard InChI is InChI=1S/C11H15ClN2O3/c1-8(15)17-7-6-14(2)9-4-5-10(12)13-11(9)16-3/h4-5H,6-7H2,1-3H3. The number of aromatic nitrogens is 1. The third-order valence-electron chi connectivity index (χ3n) is 2.14. The SMILES string of the molecule is COc1nc(Cl)ccc1N(C)CCOC(C)=O. The number of carbonyl (C=O) groups excluding carboxylic acids is 1. The number of methoxy groups -OCH3 is 1. The number of rotatable bonds is 5. The summed E-state index contributed by atoms with van der Waals surface area (Å²) in [5, 5.41) is 0.374. The van der Waals surface area contributed by atoms with Crippen LogP contribution in [-0.4, -0.2) is 38.3 Å². The number of nitrogens with zero attached hydrogens (tertiary/aromatic N) is 2. The first-order valence-corrected chi connectivity index (χ1v) is 5.47. The van der Waals surface area contributed by atoms with Crippen molar-refractivity contribution in [2.75, 3.05) is 32.2 Å². The van der Waals surface area contributed by atoms with E-state index in [9.17, 15) is 4.79 Å². The third kappa shape index (κ3) is 4.11. The number of halogens is 1. The number of pyridine rings is 1. The van der Waals surface area contributed by atoms with Crippen molar-refractivity contribution in [3.8, 4) is 5.88 Å². The molecule has 0 spiro atoms. The molecule has 0 aromatic carbocycles. The van der Waals surface area contributed by atoms with Gasteiger partial charge in [0.2, 0.25) is 5.88 Å². The van der Waals surface area contributed by atoms with E-state index in [0.717, 1.165) is 5.69 Å². The zero-order chi connectivity index (χ0) is 12.8. The van der Waals surface area contributed by atoms with E-state index in [1.807, 2.05) is 18.0 Å². The summed E-state index contributed by atoms with van der Waals surface area (Å²) in [5.74, 6) is 0.155. The zero-order valence-electron chi connectivity index (χ0n) is 10.1. The molecule has 1 heterocycles. The van der Waals surface area contributed by atoms with Crippen LogP contribution in [0.2, 0.25) is 5.15 Å². The summed E-state index contributed by atoms with van der Waals surface area (Å²) in [4.78, 5) is 16.6. The van der Waals surface area contributed by atoms with Crippen LogP contribution in [0, 0.1) is 0 Å². The van der Waals surface area contributed by atoms with Crippen LogP contribution < -0.4 is 9.64 Å². The first-order valence-electron chi connectivity index (χ1n) is 5.09. The van der Waals surface area contributed by atoms with Crippen LogP contribution in [0.4, 0.5) is 5.69 Å². The Morgan fingerprint density at radius 3 is 2.82 bits per heavy atom. The van der Waals surface area contributed by atoms with Gasteiger partial charge >= 0.3 is 5.97 Å². The molecule has 1 aromatic rings. The number of anilines is 1. The molecule has 6 heteroatoms. The van der Waals surface area contributed by atoms with Gasteiger partial charge in [-0.05, 0) is 12.1 Å². The van der Waals surface area contributed by atoms with Crippen molar-refractivity contribution >= 4 is 23.3 Å². The van der Waals surface area contributed by atoms with E-state index in [1.165, 1.54) is 14.0 Å². The van der Waals surface area contributed by atoms with Gasteiger partial charge in [0.15, 0.2) is 0 Å². The second-order valence-electron chi connectivity index (χ2n) is 3.42. The summed E-state index contributed by atoms with van der Waals surface area (Å²) < 4.78 is 9.99. The Labute approximate surface area is 105 Å². The Morgan fingerprint density at radius 2 is 2.24 bits per heavy atom. The van der Waals surface area contributed by atoms with Crippen molar-refractivity contribution in [1.29, 1.82) is 0 Å². The lowest BCUT2D eigenvalue weighted by Gasteiger charge is -2.20. The summed E-state index contributed by atoms with van der Waals surface area (Å²) in [5.41, 5.74) is 0.795. The molecule has 0 amide bonds. The molecule has 1 aromatic heterocycles. The highest BCUT2D eigenvalue weighted by molar-refractivity contribution is 6.29. The van der Waals surface area contributed by atoms with Crippen LogP contribution in [0.5, 0.6) is 5.88 Å². The molecule has 0 aliphatic rings. The molecule has 94 valence electrons. The molecule has 0 bridgehead atoms. The molecular formula is C11H15ClN2O3. The van der Waals surface area contributed by atoms with Crippen LogP contribution >= 0.6 is 11.6 Å². The smallest absolute Gasteiger partial charge is 0.302 e. The molecule has 5 nitrogen and oxygen atoms in total. The van der Waals surface area contributed by atoms with Crippen molar-refractivity contribution in [3.63, 3.8) is 0 Å². The molecule has 0 radical (unpaired) electrons. The highest BCUT2D eigenvalue weighted by atomic mass is 35.5. The van der Waals surface area contributed by atoms with Gasteiger partial charge in [-0.15, -0.1) is 0 Å². The predicted molar refractivity (Wildman–Crippen MR) is 65.7 cm³/mol. The molecule has 1 rings (SSSR count). The molecule has 0 N–H and O–H groups in total.